The molecule has 1 aliphatic heterocycles. The van der Waals surface area contributed by atoms with Gasteiger partial charge < -0.3 is 47.4 Å². The first kappa shape index (κ1) is 53.1. The number of nitrogens with zero attached hydrogens (tertiary/aromatic N) is 3. The Hall–Kier alpha value is -6.71. The van der Waals surface area contributed by atoms with Gasteiger partial charge in [0.05, 0.1) is 72.1 Å². The second-order valence-electron chi connectivity index (χ2n) is 18.7. The predicted molar refractivity (Wildman–Crippen MR) is 284 cm³/mol. The normalized spacial score (nSPS) is 23.5. The number of hydrogen-bond acceptors (Lipinski definition) is 11. The van der Waals surface area contributed by atoms with Crippen molar-refractivity contribution in [3.8, 4) is 5.75 Å². The maximum Gasteiger partial charge on any atom is 0.167 e. The first-order valence-electron chi connectivity index (χ1n) is 25.6. The van der Waals surface area contributed by atoms with Crippen LogP contribution in [0.5, 0.6) is 5.75 Å². The number of ether oxygens (including phenoxy) is 10. The Morgan fingerprint density at radius 2 is 0.760 bits per heavy atom. The molecule has 7 aromatic carbocycles. The third-order valence-electron chi connectivity index (χ3n) is 13.4. The Morgan fingerprint density at radius 1 is 0.427 bits per heavy atom. The summed E-state index contributed by atoms with van der Waals surface area (Å²) in [6, 6.07) is 66.8. The minimum Gasteiger partial charge on any atom is -0.497 e. The molecule has 9 rings (SSSR count). The molecule has 0 amide bonds. The van der Waals surface area contributed by atoms with Gasteiger partial charge in [0.2, 0.25) is 0 Å². The van der Waals surface area contributed by atoms with Gasteiger partial charge in [0.25, 0.3) is 0 Å². The molecule has 1 unspecified atom stereocenters. The molecule has 1 saturated heterocycles. The van der Waals surface area contributed by atoms with Crippen LogP contribution in [-0.2, 0) is 88.9 Å². The first-order valence-corrected chi connectivity index (χ1v) is 25.6. The fourth-order valence-corrected chi connectivity index (χ4v) is 9.47. The topological polar surface area (TPSA) is 141 Å². The number of azide groups is 1. The van der Waals surface area contributed by atoms with E-state index in [0.29, 0.717) is 13.2 Å². The minimum atomic E-state index is -1.13. The third-order valence-corrected chi connectivity index (χ3v) is 13.4. The van der Waals surface area contributed by atoms with Crippen LogP contribution in [0.3, 0.4) is 0 Å². The van der Waals surface area contributed by atoms with Gasteiger partial charge >= 0.3 is 0 Å². The fraction of sp³-hybridized carbons (Fsp3) is 0.323. The SMILES string of the molecule is COc1ccc(CO[C@H]2[C@H](O[C@H]3O[C@H](COCc4ccccc4)[C@H](OCc4ccccc4)C[C@@H]3N=[N+]=[N-])[C@@H](OCc3ccccc3)[C@H](OCc3ccccc3)C(OCc3ccccc3)[C@H]2OCc2ccccc2)cc1. The zero-order valence-corrected chi connectivity index (χ0v) is 42.2. The molecule has 2 aliphatic rings. The smallest absolute Gasteiger partial charge is 0.167 e. The zero-order valence-electron chi connectivity index (χ0n) is 42.2. The minimum absolute atomic E-state index is 0.155. The molecule has 2 fully saturated rings. The third kappa shape index (κ3) is 15.4. The van der Waals surface area contributed by atoms with Gasteiger partial charge in [-0.1, -0.05) is 199 Å². The van der Waals surface area contributed by atoms with E-state index in [0.717, 1.165) is 44.7 Å². The van der Waals surface area contributed by atoms with Crippen LogP contribution < -0.4 is 4.74 Å². The highest BCUT2D eigenvalue weighted by atomic mass is 16.7. The summed E-state index contributed by atoms with van der Waals surface area (Å²) in [5.41, 5.74) is 16.9. The molecule has 13 heteroatoms. The molecule has 388 valence electrons. The molecule has 1 aliphatic carbocycles. The van der Waals surface area contributed by atoms with Crippen LogP contribution in [0.1, 0.15) is 45.4 Å². The largest absolute Gasteiger partial charge is 0.497 e. The average Bonchev–Trinajstić information content (AvgIpc) is 3.47. The molecule has 0 bridgehead atoms. The van der Waals surface area contributed by atoms with Crippen molar-refractivity contribution in [3.05, 3.63) is 256 Å². The standard InChI is InChI=1S/C62H65N3O10/c1-66-52-34-32-51(33-35-52)43-73-60-58(71-41-49-28-16-6-17-29-49)56(69-39-47-24-12-4-13-25-47)57(70-40-48-26-14-5-15-27-48)59(72-42-50-30-18-7-19-31-50)61(60)75-62-53(64-65-63)36-54(68-38-46-22-10-3-11-23-46)55(74-62)44-67-37-45-20-8-2-9-21-45/h2-35,53-62H,36-44H2,1H3/t53-,54+,55+,56?,57+,58+,59-,60+,61+,62+/m0/s1. The number of benzene rings is 7. The van der Waals surface area contributed by atoms with Crippen LogP contribution in [0.2, 0.25) is 0 Å². The van der Waals surface area contributed by atoms with Gasteiger partial charge in [-0.15, -0.1) is 0 Å². The van der Waals surface area contributed by atoms with Gasteiger partial charge in [-0.05, 0) is 63.0 Å². The molecule has 0 spiro atoms. The van der Waals surface area contributed by atoms with Crippen LogP contribution in [0.4, 0.5) is 0 Å². The van der Waals surface area contributed by atoms with Crippen molar-refractivity contribution in [1.82, 2.24) is 0 Å². The molecule has 1 heterocycles. The van der Waals surface area contributed by atoms with Crippen molar-refractivity contribution < 1.29 is 47.4 Å². The van der Waals surface area contributed by atoms with E-state index in [2.05, 4.69) is 10.0 Å². The van der Waals surface area contributed by atoms with Gasteiger partial charge in [0, 0.05) is 4.91 Å². The Kier molecular flexibility index (Phi) is 20.0. The maximum absolute atomic E-state index is 10.2. The van der Waals surface area contributed by atoms with E-state index in [1.54, 1.807) is 7.11 Å². The molecule has 75 heavy (non-hydrogen) atoms. The summed E-state index contributed by atoms with van der Waals surface area (Å²) in [6.45, 7) is 1.85. The summed E-state index contributed by atoms with van der Waals surface area (Å²) in [5, 5.41) is 4.35. The van der Waals surface area contributed by atoms with E-state index >= 15 is 0 Å². The van der Waals surface area contributed by atoms with Crippen LogP contribution >= 0.6 is 0 Å². The van der Waals surface area contributed by atoms with Crippen LogP contribution in [0.25, 0.3) is 10.4 Å². The second kappa shape index (κ2) is 28.3. The van der Waals surface area contributed by atoms with Gasteiger partial charge in [-0.25, -0.2) is 0 Å². The lowest BCUT2D eigenvalue weighted by atomic mass is 9.83. The summed E-state index contributed by atoms with van der Waals surface area (Å²) in [6.07, 6.45) is -7.24. The molecule has 13 nitrogen and oxygen atoms in total. The number of rotatable bonds is 26. The predicted octanol–water partition coefficient (Wildman–Crippen LogP) is 11.9. The highest BCUT2D eigenvalue weighted by Crippen LogP contribution is 2.39. The Balaban J connectivity index is 1.13. The van der Waals surface area contributed by atoms with E-state index in [9.17, 15) is 5.53 Å². The maximum atomic E-state index is 10.2. The van der Waals surface area contributed by atoms with E-state index in [1.165, 1.54) is 0 Å². The number of hydrogen-bond donors (Lipinski definition) is 0. The Morgan fingerprint density at radius 3 is 1.12 bits per heavy atom. The molecule has 0 N–H and O–H groups in total. The molecule has 7 aromatic rings. The summed E-state index contributed by atoms with van der Waals surface area (Å²) in [5.74, 6) is 0.718. The van der Waals surface area contributed by atoms with Crippen molar-refractivity contribution in [3.63, 3.8) is 0 Å². The fourth-order valence-electron chi connectivity index (χ4n) is 9.47. The van der Waals surface area contributed by atoms with Crippen molar-refractivity contribution >= 4 is 0 Å². The lowest BCUT2D eigenvalue weighted by Crippen LogP contribution is -2.68. The molecule has 0 aromatic heterocycles. The number of methoxy groups -OCH3 is 1. The summed E-state index contributed by atoms with van der Waals surface area (Å²) in [4.78, 5) is 3.34. The highest BCUT2D eigenvalue weighted by molar-refractivity contribution is 5.27. The highest BCUT2D eigenvalue weighted by Gasteiger charge is 2.57. The van der Waals surface area contributed by atoms with Crippen molar-refractivity contribution in [2.24, 2.45) is 5.11 Å². The van der Waals surface area contributed by atoms with Crippen molar-refractivity contribution in [2.75, 3.05) is 13.7 Å². The summed E-state index contributed by atoms with van der Waals surface area (Å²) >= 11 is 0. The van der Waals surface area contributed by atoms with E-state index in [1.807, 2.05) is 206 Å². The van der Waals surface area contributed by atoms with Gasteiger partial charge in [-0.3, -0.25) is 0 Å². The Bertz CT molecular complexity index is 2740. The van der Waals surface area contributed by atoms with Crippen LogP contribution in [0, 0.1) is 0 Å². The summed E-state index contributed by atoms with van der Waals surface area (Å²) in [7, 11) is 1.64. The second-order valence-corrected chi connectivity index (χ2v) is 18.7. The van der Waals surface area contributed by atoms with Gasteiger partial charge in [0.15, 0.2) is 6.29 Å². The lowest BCUT2D eigenvalue weighted by molar-refractivity contribution is -0.332. The van der Waals surface area contributed by atoms with Crippen LogP contribution in [-0.4, -0.2) is 74.9 Å². The van der Waals surface area contributed by atoms with E-state index in [-0.39, 0.29) is 46.1 Å². The summed E-state index contributed by atoms with van der Waals surface area (Å²) < 4.78 is 68.8. The average molecular weight is 1010 g/mol. The zero-order chi connectivity index (χ0) is 51.3. The Labute approximate surface area is 439 Å². The molecule has 1 saturated carbocycles. The van der Waals surface area contributed by atoms with Crippen LogP contribution in [0.15, 0.2) is 211 Å². The van der Waals surface area contributed by atoms with E-state index in [4.69, 9.17) is 47.4 Å². The molecule has 0 radical (unpaired) electrons. The first-order chi connectivity index (χ1) is 37.1. The van der Waals surface area contributed by atoms with Gasteiger partial charge in [-0.2, -0.15) is 0 Å². The monoisotopic (exact) mass is 1010 g/mol. The molecular formula is C62H65N3O10. The van der Waals surface area contributed by atoms with Crippen molar-refractivity contribution in [2.45, 2.75) is 114 Å². The lowest BCUT2D eigenvalue weighted by Gasteiger charge is -2.51. The molecular weight excluding hydrogens is 947 g/mol. The van der Waals surface area contributed by atoms with Crippen molar-refractivity contribution in [1.29, 1.82) is 0 Å². The van der Waals surface area contributed by atoms with Gasteiger partial charge in [0.1, 0.15) is 48.5 Å². The molecule has 10 atom stereocenters. The quantitative estimate of drug-likeness (QED) is 0.0292. The van der Waals surface area contributed by atoms with E-state index < -0.39 is 61.2 Å².